The maximum absolute atomic E-state index is 12.2. The molecular formula is C19H22ClN3O3. The first kappa shape index (κ1) is 18.6. The van der Waals surface area contributed by atoms with E-state index < -0.39 is 12.0 Å². The SMILES string of the molecule is COC(=O)C[C@H]1C(=O)NCCN1Cc1cc2ccc(C)c(C)c2nc1Cl. The van der Waals surface area contributed by atoms with E-state index in [1.54, 1.807) is 0 Å². The van der Waals surface area contributed by atoms with E-state index in [1.807, 2.05) is 30.9 Å². The summed E-state index contributed by atoms with van der Waals surface area (Å²) in [6.45, 7) is 5.69. The number of esters is 1. The molecule has 1 aliphatic rings. The van der Waals surface area contributed by atoms with Crippen LogP contribution in [0.3, 0.4) is 0 Å². The average molecular weight is 376 g/mol. The standard InChI is InChI=1S/C19H22ClN3O3/c1-11-4-5-13-8-14(18(20)22-17(13)12(11)2)10-23-7-6-21-19(25)15(23)9-16(24)26-3/h4-5,8,15H,6-7,9-10H2,1-3H3,(H,21,25)/t15-/m0/s1. The molecule has 1 atom stereocenters. The van der Waals surface area contributed by atoms with Gasteiger partial charge in [0.25, 0.3) is 0 Å². The molecule has 0 radical (unpaired) electrons. The van der Waals surface area contributed by atoms with Crippen LogP contribution >= 0.6 is 11.6 Å². The lowest BCUT2D eigenvalue weighted by Crippen LogP contribution is -2.55. The summed E-state index contributed by atoms with van der Waals surface area (Å²) >= 11 is 6.43. The van der Waals surface area contributed by atoms with Crippen molar-refractivity contribution in [3.8, 4) is 0 Å². The minimum Gasteiger partial charge on any atom is -0.469 e. The fraction of sp³-hybridized carbons (Fsp3) is 0.421. The highest BCUT2D eigenvalue weighted by Crippen LogP contribution is 2.26. The summed E-state index contributed by atoms with van der Waals surface area (Å²) < 4.78 is 4.72. The average Bonchev–Trinajstić information content (AvgIpc) is 2.62. The van der Waals surface area contributed by atoms with E-state index in [0.717, 1.165) is 22.0 Å². The first-order chi connectivity index (χ1) is 12.4. The second-order valence-corrected chi connectivity index (χ2v) is 6.93. The molecule has 1 aliphatic heterocycles. The van der Waals surface area contributed by atoms with E-state index in [-0.39, 0.29) is 12.3 Å². The van der Waals surface area contributed by atoms with Crippen molar-refractivity contribution in [3.63, 3.8) is 0 Å². The zero-order valence-corrected chi connectivity index (χ0v) is 15.9. The Morgan fingerprint density at radius 2 is 2.19 bits per heavy atom. The van der Waals surface area contributed by atoms with E-state index in [9.17, 15) is 9.59 Å². The second kappa shape index (κ2) is 7.60. The minimum atomic E-state index is -0.567. The first-order valence-corrected chi connectivity index (χ1v) is 8.92. The van der Waals surface area contributed by atoms with Crippen LogP contribution < -0.4 is 5.32 Å². The number of piperazine rings is 1. The molecule has 7 heteroatoms. The van der Waals surface area contributed by atoms with Gasteiger partial charge >= 0.3 is 5.97 Å². The van der Waals surface area contributed by atoms with Crippen molar-refractivity contribution < 1.29 is 14.3 Å². The van der Waals surface area contributed by atoms with Crippen LogP contribution in [0.5, 0.6) is 0 Å². The number of carbonyl (C=O) groups is 2. The summed E-state index contributed by atoms with van der Waals surface area (Å²) in [5.41, 5.74) is 4.00. The Hall–Kier alpha value is -2.18. The third kappa shape index (κ3) is 3.66. The van der Waals surface area contributed by atoms with E-state index in [2.05, 4.69) is 16.4 Å². The van der Waals surface area contributed by atoms with Gasteiger partial charge in [-0.25, -0.2) is 4.98 Å². The number of rotatable bonds is 4. The molecule has 1 N–H and O–H groups in total. The van der Waals surface area contributed by atoms with Crippen LogP contribution in [0.1, 0.15) is 23.1 Å². The molecule has 2 aromatic rings. The maximum atomic E-state index is 12.2. The van der Waals surface area contributed by atoms with Gasteiger partial charge in [0.2, 0.25) is 5.91 Å². The fourth-order valence-electron chi connectivity index (χ4n) is 3.25. The number of methoxy groups -OCH3 is 1. The Morgan fingerprint density at radius 1 is 1.42 bits per heavy atom. The van der Waals surface area contributed by atoms with Crippen LogP contribution in [0.4, 0.5) is 0 Å². The summed E-state index contributed by atoms with van der Waals surface area (Å²) in [6.07, 6.45) is 0.0132. The number of benzene rings is 1. The molecular weight excluding hydrogens is 354 g/mol. The van der Waals surface area contributed by atoms with Crippen molar-refractivity contribution >= 4 is 34.4 Å². The third-order valence-electron chi connectivity index (χ3n) is 4.94. The molecule has 0 unspecified atom stereocenters. The summed E-state index contributed by atoms with van der Waals surface area (Å²) in [5.74, 6) is -0.580. The van der Waals surface area contributed by atoms with Crippen molar-refractivity contribution in [1.82, 2.24) is 15.2 Å². The smallest absolute Gasteiger partial charge is 0.307 e. The van der Waals surface area contributed by atoms with Crippen LogP contribution in [0.25, 0.3) is 10.9 Å². The van der Waals surface area contributed by atoms with Gasteiger partial charge < -0.3 is 10.1 Å². The Balaban J connectivity index is 1.91. The van der Waals surface area contributed by atoms with Crippen LogP contribution in [-0.4, -0.2) is 48.0 Å². The Labute approximate surface area is 157 Å². The van der Waals surface area contributed by atoms with Gasteiger partial charge in [0.15, 0.2) is 0 Å². The number of aromatic nitrogens is 1. The number of carbonyl (C=O) groups excluding carboxylic acids is 2. The largest absolute Gasteiger partial charge is 0.469 e. The van der Waals surface area contributed by atoms with Crippen molar-refractivity contribution in [3.05, 3.63) is 40.0 Å². The summed E-state index contributed by atoms with van der Waals surface area (Å²) in [5, 5.41) is 4.24. The number of halogens is 1. The normalized spacial score (nSPS) is 18.0. The summed E-state index contributed by atoms with van der Waals surface area (Å²) in [6, 6.07) is 5.53. The molecule has 0 bridgehead atoms. The Morgan fingerprint density at radius 3 is 2.92 bits per heavy atom. The van der Waals surface area contributed by atoms with Gasteiger partial charge in [-0.1, -0.05) is 23.7 Å². The second-order valence-electron chi connectivity index (χ2n) is 6.58. The lowest BCUT2D eigenvalue weighted by atomic mass is 10.0. The molecule has 2 heterocycles. The molecule has 1 aromatic heterocycles. The highest BCUT2D eigenvalue weighted by Gasteiger charge is 2.32. The fourth-order valence-corrected chi connectivity index (χ4v) is 3.45. The highest BCUT2D eigenvalue weighted by molar-refractivity contribution is 6.30. The van der Waals surface area contributed by atoms with E-state index in [1.165, 1.54) is 12.7 Å². The van der Waals surface area contributed by atoms with Gasteiger partial charge in [0.05, 0.1) is 19.0 Å². The number of pyridine rings is 1. The van der Waals surface area contributed by atoms with Crippen LogP contribution in [0, 0.1) is 13.8 Å². The molecule has 6 nitrogen and oxygen atoms in total. The number of ether oxygens (including phenoxy) is 1. The first-order valence-electron chi connectivity index (χ1n) is 8.54. The van der Waals surface area contributed by atoms with E-state index in [4.69, 9.17) is 16.3 Å². The van der Waals surface area contributed by atoms with Crippen LogP contribution in [-0.2, 0) is 20.9 Å². The van der Waals surface area contributed by atoms with Gasteiger partial charge in [0.1, 0.15) is 11.2 Å². The van der Waals surface area contributed by atoms with Gasteiger partial charge in [-0.3, -0.25) is 14.5 Å². The molecule has 1 amide bonds. The quantitative estimate of drug-likeness (QED) is 0.656. The predicted molar refractivity (Wildman–Crippen MR) is 100 cm³/mol. The minimum absolute atomic E-state index is 0.0132. The van der Waals surface area contributed by atoms with Gasteiger partial charge in [-0.15, -0.1) is 0 Å². The number of hydrogen-bond acceptors (Lipinski definition) is 5. The molecule has 0 spiro atoms. The number of fused-ring (bicyclic) bond motifs is 1. The number of aryl methyl sites for hydroxylation is 2. The number of nitrogens with zero attached hydrogens (tertiary/aromatic N) is 2. The van der Waals surface area contributed by atoms with Gasteiger partial charge in [-0.2, -0.15) is 0 Å². The van der Waals surface area contributed by atoms with Crippen LogP contribution in [0.2, 0.25) is 5.15 Å². The van der Waals surface area contributed by atoms with Crippen molar-refractivity contribution in [2.45, 2.75) is 32.9 Å². The molecule has 0 aliphatic carbocycles. The number of hydrogen-bond donors (Lipinski definition) is 1. The number of nitrogens with one attached hydrogen (secondary N) is 1. The van der Waals surface area contributed by atoms with Crippen LogP contribution in [0.15, 0.2) is 18.2 Å². The molecule has 1 fully saturated rings. The van der Waals surface area contributed by atoms with Crippen molar-refractivity contribution in [1.29, 1.82) is 0 Å². The molecule has 1 saturated heterocycles. The summed E-state index contributed by atoms with van der Waals surface area (Å²) in [4.78, 5) is 30.4. The van der Waals surface area contributed by atoms with E-state index in [0.29, 0.717) is 24.8 Å². The van der Waals surface area contributed by atoms with E-state index >= 15 is 0 Å². The zero-order chi connectivity index (χ0) is 18.8. The van der Waals surface area contributed by atoms with Crippen molar-refractivity contribution in [2.75, 3.05) is 20.2 Å². The highest BCUT2D eigenvalue weighted by atomic mass is 35.5. The molecule has 26 heavy (non-hydrogen) atoms. The predicted octanol–water partition coefficient (Wildman–Crippen LogP) is 2.37. The molecule has 0 saturated carbocycles. The monoisotopic (exact) mass is 375 g/mol. The molecule has 138 valence electrons. The van der Waals surface area contributed by atoms with Gasteiger partial charge in [-0.05, 0) is 31.0 Å². The van der Waals surface area contributed by atoms with Gasteiger partial charge in [0, 0.05) is 30.6 Å². The third-order valence-corrected chi connectivity index (χ3v) is 5.27. The van der Waals surface area contributed by atoms with Crippen molar-refractivity contribution in [2.24, 2.45) is 0 Å². The Kier molecular flexibility index (Phi) is 5.44. The lowest BCUT2D eigenvalue weighted by Gasteiger charge is -2.34. The maximum Gasteiger partial charge on any atom is 0.307 e. The topological polar surface area (TPSA) is 71.5 Å². The lowest BCUT2D eigenvalue weighted by molar-refractivity contribution is -0.146. The number of amides is 1. The Bertz CT molecular complexity index is 869. The zero-order valence-electron chi connectivity index (χ0n) is 15.1. The summed E-state index contributed by atoms with van der Waals surface area (Å²) in [7, 11) is 1.32. The molecule has 3 rings (SSSR count). The molecule has 1 aromatic carbocycles.